The van der Waals surface area contributed by atoms with Crippen LogP contribution in [-0.4, -0.2) is 35.2 Å². The summed E-state index contributed by atoms with van der Waals surface area (Å²) in [7, 11) is 0. The smallest absolute Gasteiger partial charge is 0.0794 e. The van der Waals surface area contributed by atoms with Gasteiger partial charge in [0, 0.05) is 19.1 Å². The van der Waals surface area contributed by atoms with Gasteiger partial charge in [-0.1, -0.05) is 20.8 Å². The van der Waals surface area contributed by atoms with Crippen molar-refractivity contribution in [2.45, 2.75) is 52.2 Å². The molecule has 0 spiro atoms. The lowest BCUT2D eigenvalue weighted by Gasteiger charge is -2.49. The van der Waals surface area contributed by atoms with E-state index in [1.807, 2.05) is 0 Å². The second-order valence-corrected chi connectivity index (χ2v) is 6.17. The van der Waals surface area contributed by atoms with Gasteiger partial charge in [-0.3, -0.25) is 4.90 Å². The van der Waals surface area contributed by atoms with E-state index < -0.39 is 0 Å². The Morgan fingerprint density at radius 1 is 1.21 bits per heavy atom. The van der Waals surface area contributed by atoms with E-state index >= 15 is 0 Å². The third-order valence-electron chi connectivity index (χ3n) is 3.77. The zero-order valence-corrected chi connectivity index (χ0v) is 9.66. The highest BCUT2D eigenvalue weighted by atomic mass is 16.3. The van der Waals surface area contributed by atoms with E-state index in [1.54, 1.807) is 0 Å². The van der Waals surface area contributed by atoms with Crippen molar-refractivity contribution < 1.29 is 5.11 Å². The van der Waals surface area contributed by atoms with Gasteiger partial charge < -0.3 is 5.11 Å². The Balaban J connectivity index is 1.93. The van der Waals surface area contributed by atoms with Crippen molar-refractivity contribution in [2.24, 2.45) is 11.3 Å². The molecule has 2 atom stereocenters. The van der Waals surface area contributed by atoms with Crippen molar-refractivity contribution >= 4 is 0 Å². The van der Waals surface area contributed by atoms with E-state index in [0.29, 0.717) is 5.41 Å². The van der Waals surface area contributed by atoms with Gasteiger partial charge >= 0.3 is 0 Å². The monoisotopic (exact) mass is 197 g/mol. The molecule has 1 saturated heterocycles. The summed E-state index contributed by atoms with van der Waals surface area (Å²) in [5.41, 5.74) is 0.503. The highest BCUT2D eigenvalue weighted by molar-refractivity contribution is 4.92. The molecule has 0 aromatic carbocycles. The number of β-amino-alcohol motifs (C(OH)–C–C–N with tert-alkyl or cyclic N) is 1. The zero-order valence-electron chi connectivity index (χ0n) is 9.66. The molecule has 0 aromatic heterocycles. The van der Waals surface area contributed by atoms with Gasteiger partial charge in [0.2, 0.25) is 0 Å². The Morgan fingerprint density at radius 2 is 1.86 bits per heavy atom. The first-order valence-corrected chi connectivity index (χ1v) is 5.88. The summed E-state index contributed by atoms with van der Waals surface area (Å²) in [6.45, 7) is 8.95. The normalized spacial score (nSPS) is 39.4. The number of likely N-dealkylation sites (tertiary alicyclic amines) is 1. The zero-order chi connectivity index (χ0) is 10.3. The first kappa shape index (κ1) is 10.4. The summed E-state index contributed by atoms with van der Waals surface area (Å²) >= 11 is 0. The first-order valence-electron chi connectivity index (χ1n) is 5.88. The lowest BCUT2D eigenvalue weighted by Crippen LogP contribution is -2.57. The number of rotatable bonds is 1. The average molecular weight is 197 g/mol. The molecule has 1 saturated carbocycles. The van der Waals surface area contributed by atoms with E-state index in [9.17, 15) is 5.11 Å². The molecule has 2 heteroatoms. The van der Waals surface area contributed by atoms with Crippen LogP contribution in [0.1, 0.15) is 40.0 Å². The summed E-state index contributed by atoms with van der Waals surface area (Å²) in [6.07, 6.45) is 3.95. The fourth-order valence-electron chi connectivity index (χ4n) is 3.36. The molecule has 0 radical (unpaired) electrons. The van der Waals surface area contributed by atoms with Crippen molar-refractivity contribution in [2.75, 3.05) is 13.1 Å². The Labute approximate surface area is 87.3 Å². The van der Waals surface area contributed by atoms with Crippen LogP contribution >= 0.6 is 0 Å². The van der Waals surface area contributed by atoms with Crippen LogP contribution < -0.4 is 0 Å². The van der Waals surface area contributed by atoms with Gasteiger partial charge in [0.15, 0.2) is 0 Å². The van der Waals surface area contributed by atoms with E-state index in [1.165, 1.54) is 19.3 Å². The fourth-order valence-corrected chi connectivity index (χ4v) is 3.36. The number of nitrogens with zero attached hydrogens (tertiary/aromatic N) is 1. The summed E-state index contributed by atoms with van der Waals surface area (Å²) in [4.78, 5) is 2.46. The summed E-state index contributed by atoms with van der Waals surface area (Å²) in [5, 5.41) is 9.30. The molecule has 0 bridgehead atoms. The van der Waals surface area contributed by atoms with Crippen LogP contribution in [0.15, 0.2) is 0 Å². The van der Waals surface area contributed by atoms with E-state index in [2.05, 4.69) is 25.7 Å². The van der Waals surface area contributed by atoms with Gasteiger partial charge in [0.25, 0.3) is 0 Å². The highest BCUT2D eigenvalue weighted by Gasteiger charge is 2.38. The van der Waals surface area contributed by atoms with Gasteiger partial charge in [-0.2, -0.15) is 0 Å². The van der Waals surface area contributed by atoms with Crippen LogP contribution in [0.4, 0.5) is 0 Å². The molecular formula is C12H23NO. The van der Waals surface area contributed by atoms with Gasteiger partial charge in [0.05, 0.1) is 6.10 Å². The molecule has 0 amide bonds. The lowest BCUT2D eigenvalue weighted by atomic mass is 9.70. The maximum Gasteiger partial charge on any atom is 0.0794 e. The molecule has 1 N–H and O–H groups in total. The van der Waals surface area contributed by atoms with E-state index in [4.69, 9.17) is 0 Å². The minimum absolute atomic E-state index is 0.0460. The highest BCUT2D eigenvalue weighted by Crippen LogP contribution is 2.41. The molecule has 0 aromatic rings. The van der Waals surface area contributed by atoms with Gasteiger partial charge in [0.1, 0.15) is 0 Å². The fraction of sp³-hybridized carbons (Fsp3) is 1.00. The summed E-state index contributed by atoms with van der Waals surface area (Å²) in [5.74, 6) is 0.849. The number of hydrogen-bond donors (Lipinski definition) is 1. The summed E-state index contributed by atoms with van der Waals surface area (Å²) in [6, 6.07) is 0.733. The molecular weight excluding hydrogens is 174 g/mol. The average Bonchev–Trinajstić information content (AvgIpc) is 1.94. The molecule has 2 rings (SSSR count). The predicted octanol–water partition coefficient (Wildman–Crippen LogP) is 1.88. The van der Waals surface area contributed by atoms with Crippen molar-refractivity contribution in [1.82, 2.24) is 4.90 Å². The molecule has 82 valence electrons. The van der Waals surface area contributed by atoms with Crippen LogP contribution in [0.25, 0.3) is 0 Å². The van der Waals surface area contributed by atoms with Crippen molar-refractivity contribution in [3.8, 4) is 0 Å². The summed E-state index contributed by atoms with van der Waals surface area (Å²) < 4.78 is 0. The van der Waals surface area contributed by atoms with Crippen molar-refractivity contribution in [3.05, 3.63) is 0 Å². The maximum atomic E-state index is 9.30. The Bertz CT molecular complexity index is 208. The van der Waals surface area contributed by atoms with Crippen LogP contribution in [0, 0.1) is 11.3 Å². The van der Waals surface area contributed by atoms with E-state index in [0.717, 1.165) is 25.0 Å². The molecule has 1 aliphatic carbocycles. The first-order chi connectivity index (χ1) is 6.46. The molecule has 1 heterocycles. The quantitative estimate of drug-likeness (QED) is 0.694. The van der Waals surface area contributed by atoms with Crippen molar-refractivity contribution in [1.29, 1.82) is 0 Å². The molecule has 1 aliphatic heterocycles. The maximum absolute atomic E-state index is 9.30. The Morgan fingerprint density at radius 3 is 2.36 bits per heavy atom. The lowest BCUT2D eigenvalue weighted by molar-refractivity contribution is -0.0532. The number of aliphatic hydroxyl groups excluding tert-OH is 1. The minimum Gasteiger partial charge on any atom is -0.390 e. The minimum atomic E-state index is -0.0460. The third-order valence-corrected chi connectivity index (χ3v) is 3.77. The number of hydrogen-bond acceptors (Lipinski definition) is 2. The molecule has 2 nitrogen and oxygen atoms in total. The second kappa shape index (κ2) is 3.49. The Kier molecular flexibility index (Phi) is 2.61. The molecule has 14 heavy (non-hydrogen) atoms. The van der Waals surface area contributed by atoms with Gasteiger partial charge in [-0.15, -0.1) is 0 Å². The predicted molar refractivity (Wildman–Crippen MR) is 58.2 cm³/mol. The topological polar surface area (TPSA) is 23.5 Å². The largest absolute Gasteiger partial charge is 0.390 e. The number of aliphatic hydroxyl groups is 1. The third kappa shape index (κ3) is 2.12. The molecule has 2 aliphatic rings. The molecule has 2 fully saturated rings. The van der Waals surface area contributed by atoms with E-state index in [-0.39, 0.29) is 6.10 Å². The van der Waals surface area contributed by atoms with Crippen molar-refractivity contribution in [3.63, 3.8) is 0 Å². The van der Waals surface area contributed by atoms with Gasteiger partial charge in [-0.05, 0) is 30.6 Å². The SMILES string of the molecule is C[C@H]1C[C@H](N2CC(O)C2)CC(C)(C)C1. The van der Waals surface area contributed by atoms with Crippen LogP contribution in [-0.2, 0) is 0 Å². The van der Waals surface area contributed by atoms with Gasteiger partial charge in [-0.25, -0.2) is 0 Å². The Hall–Kier alpha value is -0.0800. The van der Waals surface area contributed by atoms with Crippen LogP contribution in [0.5, 0.6) is 0 Å². The standard InChI is InChI=1S/C12H23NO/c1-9-4-10(6-12(2,3)5-9)13-7-11(14)8-13/h9-11,14H,4-8H2,1-3H3/t9-,10-/m0/s1. The molecule has 0 unspecified atom stereocenters. The van der Waals surface area contributed by atoms with Crippen LogP contribution in [0.2, 0.25) is 0 Å². The van der Waals surface area contributed by atoms with Crippen LogP contribution in [0.3, 0.4) is 0 Å². The second-order valence-electron chi connectivity index (χ2n) is 6.17.